The first kappa shape index (κ1) is 20.0. The fraction of sp³-hybridized carbons (Fsp3) is 0.474. The molecule has 1 amide bonds. The first-order chi connectivity index (χ1) is 12.9. The van der Waals surface area contributed by atoms with Crippen molar-refractivity contribution in [3.05, 3.63) is 47.1 Å². The van der Waals surface area contributed by atoms with Gasteiger partial charge in [-0.15, -0.1) is 11.3 Å². The van der Waals surface area contributed by atoms with E-state index in [1.54, 1.807) is 18.5 Å². The van der Waals surface area contributed by atoms with Gasteiger partial charge in [-0.25, -0.2) is 8.42 Å². The molecule has 2 aromatic heterocycles. The fourth-order valence-electron chi connectivity index (χ4n) is 3.26. The van der Waals surface area contributed by atoms with E-state index in [1.165, 1.54) is 15.6 Å². The number of nitrogens with zero attached hydrogens (tertiary/aromatic N) is 2. The predicted octanol–water partition coefficient (Wildman–Crippen LogP) is 2.77. The molecular formula is C19H25N3O3S2. The zero-order chi connectivity index (χ0) is 19.4. The summed E-state index contributed by atoms with van der Waals surface area (Å²) >= 11 is 1.27. The van der Waals surface area contributed by atoms with E-state index >= 15 is 0 Å². The highest BCUT2D eigenvalue weighted by Crippen LogP contribution is 2.28. The molecule has 1 aliphatic heterocycles. The molecule has 3 heterocycles. The third-order valence-corrected chi connectivity index (χ3v) is 8.26. The average molecular weight is 408 g/mol. The van der Waals surface area contributed by atoms with Crippen LogP contribution in [0, 0.1) is 12.8 Å². The van der Waals surface area contributed by atoms with Crippen molar-refractivity contribution in [3.63, 3.8) is 0 Å². The zero-order valence-electron chi connectivity index (χ0n) is 15.6. The molecule has 3 rings (SSSR count). The van der Waals surface area contributed by atoms with E-state index in [9.17, 15) is 13.2 Å². The molecule has 0 aliphatic carbocycles. The van der Waals surface area contributed by atoms with Crippen LogP contribution in [0.15, 0.2) is 40.9 Å². The molecule has 146 valence electrons. The second-order valence-electron chi connectivity index (χ2n) is 6.99. The molecule has 27 heavy (non-hydrogen) atoms. The van der Waals surface area contributed by atoms with Crippen molar-refractivity contribution in [3.8, 4) is 0 Å². The smallest absolute Gasteiger partial charge is 0.252 e. The Hall–Kier alpha value is -1.77. The molecule has 0 aromatic carbocycles. The van der Waals surface area contributed by atoms with Crippen molar-refractivity contribution in [1.29, 1.82) is 0 Å². The summed E-state index contributed by atoms with van der Waals surface area (Å²) in [7, 11) is -3.52. The minimum atomic E-state index is -3.52. The van der Waals surface area contributed by atoms with Gasteiger partial charge in [0.1, 0.15) is 4.21 Å². The summed E-state index contributed by atoms with van der Waals surface area (Å²) in [4.78, 5) is 17.6. The molecular weight excluding hydrogens is 382 g/mol. The molecule has 0 spiro atoms. The van der Waals surface area contributed by atoms with Gasteiger partial charge in [-0.2, -0.15) is 4.31 Å². The van der Waals surface area contributed by atoms with Crippen molar-refractivity contribution in [2.75, 3.05) is 19.6 Å². The van der Waals surface area contributed by atoms with Gasteiger partial charge in [0.15, 0.2) is 0 Å². The number of rotatable bonds is 6. The number of pyridine rings is 1. The van der Waals surface area contributed by atoms with Gasteiger partial charge < -0.3 is 5.32 Å². The third kappa shape index (κ3) is 4.75. The molecule has 1 N–H and O–H groups in total. The van der Waals surface area contributed by atoms with Gasteiger partial charge in [0.2, 0.25) is 5.91 Å². The summed E-state index contributed by atoms with van der Waals surface area (Å²) in [6.07, 6.45) is 4.89. The molecule has 1 saturated heterocycles. The van der Waals surface area contributed by atoms with E-state index in [0.29, 0.717) is 30.1 Å². The monoisotopic (exact) mass is 407 g/mol. The minimum Gasteiger partial charge on any atom is -0.355 e. The number of nitrogens with one attached hydrogen (secondary N) is 1. The Balaban J connectivity index is 1.59. The highest BCUT2D eigenvalue weighted by molar-refractivity contribution is 7.91. The van der Waals surface area contributed by atoms with E-state index in [-0.39, 0.29) is 24.3 Å². The average Bonchev–Trinajstić information content (AvgIpc) is 3.14. The zero-order valence-corrected chi connectivity index (χ0v) is 17.2. The van der Waals surface area contributed by atoms with Crippen molar-refractivity contribution in [1.82, 2.24) is 14.6 Å². The SMILES string of the molecule is Cc1ccc(S(=O)(=O)N2CCC[C@@H](C(=O)NC[C@@H](C)c3ccncc3)C2)s1. The number of thiophene rings is 1. The summed E-state index contributed by atoms with van der Waals surface area (Å²) in [5, 5.41) is 2.99. The molecule has 0 unspecified atom stereocenters. The maximum atomic E-state index is 12.8. The second kappa shape index (κ2) is 8.50. The first-order valence-electron chi connectivity index (χ1n) is 9.12. The van der Waals surface area contributed by atoms with Crippen LogP contribution in [0.4, 0.5) is 0 Å². The maximum absolute atomic E-state index is 12.8. The van der Waals surface area contributed by atoms with Gasteiger partial charge in [0, 0.05) is 36.9 Å². The lowest BCUT2D eigenvalue weighted by atomic mass is 9.98. The molecule has 2 aromatic rings. The van der Waals surface area contributed by atoms with Crippen molar-refractivity contribution in [2.45, 2.75) is 36.8 Å². The molecule has 6 nitrogen and oxygen atoms in total. The number of amides is 1. The first-order valence-corrected chi connectivity index (χ1v) is 11.4. The van der Waals surface area contributed by atoms with E-state index in [1.807, 2.05) is 32.0 Å². The lowest BCUT2D eigenvalue weighted by Crippen LogP contribution is -2.45. The summed E-state index contributed by atoms with van der Waals surface area (Å²) in [5.41, 5.74) is 1.12. The summed E-state index contributed by atoms with van der Waals surface area (Å²) in [5.74, 6) is -0.202. The lowest BCUT2D eigenvalue weighted by molar-refractivity contribution is -0.126. The number of carbonyl (C=O) groups is 1. The van der Waals surface area contributed by atoms with Gasteiger partial charge in [-0.1, -0.05) is 6.92 Å². The molecule has 0 radical (unpaired) electrons. The van der Waals surface area contributed by atoms with Crippen molar-refractivity contribution >= 4 is 27.3 Å². The van der Waals surface area contributed by atoms with E-state index in [2.05, 4.69) is 10.3 Å². The van der Waals surface area contributed by atoms with Gasteiger partial charge in [0.05, 0.1) is 5.92 Å². The van der Waals surface area contributed by atoms with Crippen LogP contribution in [-0.2, 0) is 14.8 Å². The molecule has 8 heteroatoms. The topological polar surface area (TPSA) is 79.4 Å². The Labute approximate surface area is 164 Å². The van der Waals surface area contributed by atoms with Crippen LogP contribution in [0.5, 0.6) is 0 Å². The van der Waals surface area contributed by atoms with Crippen LogP contribution < -0.4 is 5.32 Å². The fourth-order valence-corrected chi connectivity index (χ4v) is 6.22. The molecule has 0 bridgehead atoms. The minimum absolute atomic E-state index is 0.0711. The van der Waals surface area contributed by atoms with Gasteiger partial charge in [-0.05, 0) is 55.5 Å². The Kier molecular flexibility index (Phi) is 6.29. The standard InChI is InChI=1S/C19H25N3O3S2/c1-14(16-7-9-20-10-8-16)12-21-19(23)17-4-3-11-22(13-17)27(24,25)18-6-5-15(2)26-18/h5-10,14,17H,3-4,11-13H2,1-2H3,(H,21,23)/t14-,17-/m1/s1. The number of sulfonamides is 1. The number of hydrogen-bond donors (Lipinski definition) is 1. The molecule has 1 aliphatic rings. The van der Waals surface area contributed by atoms with Crippen LogP contribution in [-0.4, -0.2) is 43.2 Å². The van der Waals surface area contributed by atoms with E-state index < -0.39 is 10.0 Å². The van der Waals surface area contributed by atoms with E-state index in [4.69, 9.17) is 0 Å². The van der Waals surface area contributed by atoms with Crippen LogP contribution in [0.3, 0.4) is 0 Å². The summed E-state index contributed by atoms with van der Waals surface area (Å²) in [6, 6.07) is 7.34. The number of aryl methyl sites for hydroxylation is 1. The van der Waals surface area contributed by atoms with Gasteiger partial charge in [-0.3, -0.25) is 9.78 Å². The van der Waals surface area contributed by atoms with Crippen LogP contribution in [0.25, 0.3) is 0 Å². The van der Waals surface area contributed by atoms with Crippen molar-refractivity contribution in [2.24, 2.45) is 5.92 Å². The maximum Gasteiger partial charge on any atom is 0.252 e. The Morgan fingerprint density at radius 3 is 2.74 bits per heavy atom. The third-order valence-electron chi connectivity index (χ3n) is 4.92. The molecule has 0 saturated carbocycles. The van der Waals surface area contributed by atoms with E-state index in [0.717, 1.165) is 10.4 Å². The largest absolute Gasteiger partial charge is 0.355 e. The van der Waals surface area contributed by atoms with Crippen molar-refractivity contribution < 1.29 is 13.2 Å². The molecule has 2 atom stereocenters. The lowest BCUT2D eigenvalue weighted by Gasteiger charge is -2.31. The summed E-state index contributed by atoms with van der Waals surface area (Å²) in [6.45, 7) is 5.17. The van der Waals surface area contributed by atoms with Gasteiger partial charge >= 0.3 is 0 Å². The number of aromatic nitrogens is 1. The highest BCUT2D eigenvalue weighted by atomic mass is 32.2. The normalized spacial score (nSPS) is 19.6. The van der Waals surface area contributed by atoms with Crippen LogP contribution in [0.2, 0.25) is 0 Å². The second-order valence-corrected chi connectivity index (χ2v) is 10.4. The number of carbonyl (C=O) groups excluding carboxylic acids is 1. The predicted molar refractivity (Wildman–Crippen MR) is 106 cm³/mol. The number of hydrogen-bond acceptors (Lipinski definition) is 5. The summed E-state index contributed by atoms with van der Waals surface area (Å²) < 4.78 is 27.4. The number of piperidine rings is 1. The Morgan fingerprint density at radius 1 is 1.33 bits per heavy atom. The van der Waals surface area contributed by atoms with Crippen LogP contribution >= 0.6 is 11.3 Å². The van der Waals surface area contributed by atoms with Crippen LogP contribution in [0.1, 0.15) is 36.1 Å². The highest BCUT2D eigenvalue weighted by Gasteiger charge is 2.34. The Bertz CT molecular complexity index is 881. The molecule has 1 fully saturated rings. The van der Waals surface area contributed by atoms with Gasteiger partial charge in [0.25, 0.3) is 10.0 Å². The quantitative estimate of drug-likeness (QED) is 0.799. The Morgan fingerprint density at radius 2 is 2.07 bits per heavy atom.